The third-order valence-corrected chi connectivity index (χ3v) is 2.97. The molecule has 0 saturated carbocycles. The van der Waals surface area contributed by atoms with Crippen LogP contribution in [0.1, 0.15) is 18.4 Å². The highest BCUT2D eigenvalue weighted by Crippen LogP contribution is 2.30. The SMILES string of the molecule is COc1ccc(CN=C=O)cc1OC1CCCOC1. The average molecular weight is 263 g/mol. The number of hydrogen-bond donors (Lipinski definition) is 0. The van der Waals surface area contributed by atoms with Gasteiger partial charge in [0.05, 0.1) is 20.3 Å². The quantitative estimate of drug-likeness (QED) is 0.603. The van der Waals surface area contributed by atoms with Gasteiger partial charge in [-0.05, 0) is 30.5 Å². The summed E-state index contributed by atoms with van der Waals surface area (Å²) in [6.45, 7) is 1.69. The fourth-order valence-corrected chi connectivity index (χ4v) is 2.02. The first-order valence-corrected chi connectivity index (χ1v) is 6.28. The molecule has 0 amide bonds. The van der Waals surface area contributed by atoms with Gasteiger partial charge in [-0.25, -0.2) is 9.79 Å². The van der Waals surface area contributed by atoms with Crippen molar-refractivity contribution in [1.29, 1.82) is 0 Å². The summed E-state index contributed by atoms with van der Waals surface area (Å²) in [6.07, 6.45) is 3.55. The molecule has 1 unspecified atom stereocenters. The van der Waals surface area contributed by atoms with Crippen LogP contribution in [0.2, 0.25) is 0 Å². The van der Waals surface area contributed by atoms with Crippen molar-refractivity contribution in [3.63, 3.8) is 0 Å². The highest BCUT2D eigenvalue weighted by molar-refractivity contribution is 5.43. The molecule has 0 N–H and O–H groups in total. The molecule has 1 aliphatic rings. The molecule has 0 radical (unpaired) electrons. The molecule has 0 aliphatic carbocycles. The second-order valence-electron chi connectivity index (χ2n) is 4.35. The van der Waals surface area contributed by atoms with Crippen molar-refractivity contribution in [1.82, 2.24) is 0 Å². The number of carbonyl (C=O) groups excluding carboxylic acids is 1. The summed E-state index contributed by atoms with van der Waals surface area (Å²) < 4.78 is 16.6. The van der Waals surface area contributed by atoms with Crippen LogP contribution in [0.25, 0.3) is 0 Å². The lowest BCUT2D eigenvalue weighted by Crippen LogP contribution is -2.28. The highest BCUT2D eigenvalue weighted by atomic mass is 16.5. The van der Waals surface area contributed by atoms with E-state index in [1.807, 2.05) is 18.2 Å². The number of rotatable bonds is 5. The molecule has 1 aromatic carbocycles. The molecule has 102 valence electrons. The summed E-state index contributed by atoms with van der Waals surface area (Å²) in [7, 11) is 1.60. The maximum Gasteiger partial charge on any atom is 0.235 e. The third kappa shape index (κ3) is 3.81. The molecule has 0 bridgehead atoms. The van der Waals surface area contributed by atoms with Crippen molar-refractivity contribution in [3.05, 3.63) is 23.8 Å². The van der Waals surface area contributed by atoms with Crippen LogP contribution in [-0.4, -0.2) is 32.5 Å². The van der Waals surface area contributed by atoms with Gasteiger partial charge in [-0.1, -0.05) is 6.07 Å². The lowest BCUT2D eigenvalue weighted by Gasteiger charge is -2.24. The molecule has 1 atom stereocenters. The highest BCUT2D eigenvalue weighted by Gasteiger charge is 2.17. The number of hydrogen-bond acceptors (Lipinski definition) is 5. The second kappa shape index (κ2) is 6.92. The Morgan fingerprint density at radius 2 is 2.37 bits per heavy atom. The number of aliphatic imine (C=N–C) groups is 1. The van der Waals surface area contributed by atoms with E-state index in [9.17, 15) is 4.79 Å². The molecular formula is C14H17NO4. The zero-order chi connectivity index (χ0) is 13.5. The van der Waals surface area contributed by atoms with E-state index < -0.39 is 0 Å². The van der Waals surface area contributed by atoms with Gasteiger partial charge in [0.25, 0.3) is 0 Å². The Morgan fingerprint density at radius 3 is 3.05 bits per heavy atom. The maximum absolute atomic E-state index is 10.1. The summed E-state index contributed by atoms with van der Waals surface area (Å²) in [5, 5.41) is 0. The van der Waals surface area contributed by atoms with Gasteiger partial charge in [0.1, 0.15) is 6.10 Å². The standard InChI is InChI=1S/C14H17NO4/c1-17-13-5-4-11(8-15-10-16)7-14(13)19-12-3-2-6-18-9-12/h4-5,7,12H,2-3,6,8-9H2,1H3. The summed E-state index contributed by atoms with van der Waals surface area (Å²) in [5.41, 5.74) is 0.885. The van der Waals surface area contributed by atoms with Gasteiger partial charge < -0.3 is 14.2 Å². The monoisotopic (exact) mass is 263 g/mol. The molecule has 1 fully saturated rings. The number of ether oxygens (including phenoxy) is 3. The van der Waals surface area contributed by atoms with Crippen molar-refractivity contribution < 1.29 is 19.0 Å². The molecule has 5 nitrogen and oxygen atoms in total. The van der Waals surface area contributed by atoms with Crippen molar-refractivity contribution >= 4 is 6.08 Å². The van der Waals surface area contributed by atoms with E-state index in [4.69, 9.17) is 14.2 Å². The minimum atomic E-state index is 0.0486. The number of nitrogens with zero attached hydrogens (tertiary/aromatic N) is 1. The summed E-state index contributed by atoms with van der Waals surface area (Å²) in [5.74, 6) is 1.33. The Bertz CT molecular complexity index is 463. The Morgan fingerprint density at radius 1 is 1.47 bits per heavy atom. The molecule has 19 heavy (non-hydrogen) atoms. The van der Waals surface area contributed by atoms with E-state index in [-0.39, 0.29) is 6.10 Å². The van der Waals surface area contributed by atoms with Gasteiger partial charge >= 0.3 is 0 Å². The smallest absolute Gasteiger partial charge is 0.235 e. The normalized spacial score (nSPS) is 18.5. The van der Waals surface area contributed by atoms with Crippen LogP contribution in [0.4, 0.5) is 0 Å². The van der Waals surface area contributed by atoms with Crippen LogP contribution in [-0.2, 0) is 16.1 Å². The second-order valence-corrected chi connectivity index (χ2v) is 4.35. The zero-order valence-electron chi connectivity index (χ0n) is 10.9. The molecule has 2 rings (SSSR count). The van der Waals surface area contributed by atoms with Crippen molar-refractivity contribution in [2.75, 3.05) is 20.3 Å². The van der Waals surface area contributed by atoms with E-state index in [1.165, 1.54) is 6.08 Å². The fraction of sp³-hybridized carbons (Fsp3) is 0.500. The number of methoxy groups -OCH3 is 1. The van der Waals surface area contributed by atoms with Crippen LogP contribution in [0, 0.1) is 0 Å². The van der Waals surface area contributed by atoms with Crippen LogP contribution in [0.5, 0.6) is 11.5 Å². The Kier molecular flexibility index (Phi) is 4.95. The van der Waals surface area contributed by atoms with Crippen LogP contribution >= 0.6 is 0 Å². The van der Waals surface area contributed by atoms with Gasteiger partial charge in [-0.15, -0.1) is 0 Å². The first-order chi connectivity index (χ1) is 9.33. The molecule has 0 aromatic heterocycles. The molecule has 1 aromatic rings. The zero-order valence-corrected chi connectivity index (χ0v) is 10.9. The first-order valence-electron chi connectivity index (χ1n) is 6.28. The first kappa shape index (κ1) is 13.6. The van der Waals surface area contributed by atoms with Crippen LogP contribution in [0.3, 0.4) is 0 Å². The van der Waals surface area contributed by atoms with E-state index in [0.29, 0.717) is 24.7 Å². The molecule has 5 heteroatoms. The summed E-state index contributed by atoms with van der Waals surface area (Å²) in [4.78, 5) is 13.7. The van der Waals surface area contributed by atoms with Gasteiger partial charge in [0.2, 0.25) is 6.08 Å². The van der Waals surface area contributed by atoms with Crippen LogP contribution in [0.15, 0.2) is 23.2 Å². The van der Waals surface area contributed by atoms with Crippen LogP contribution < -0.4 is 9.47 Å². The topological polar surface area (TPSA) is 57.1 Å². The number of benzene rings is 1. The Labute approximate surface area is 112 Å². The fourth-order valence-electron chi connectivity index (χ4n) is 2.02. The molecule has 1 aliphatic heterocycles. The summed E-state index contributed by atoms with van der Waals surface area (Å²) >= 11 is 0. The maximum atomic E-state index is 10.1. The predicted molar refractivity (Wildman–Crippen MR) is 69.3 cm³/mol. The largest absolute Gasteiger partial charge is 0.493 e. The van der Waals surface area contributed by atoms with Gasteiger partial charge in [0.15, 0.2) is 11.5 Å². The minimum Gasteiger partial charge on any atom is -0.493 e. The summed E-state index contributed by atoms with van der Waals surface area (Å²) in [6, 6.07) is 5.51. The lowest BCUT2D eigenvalue weighted by molar-refractivity contribution is 0.00641. The van der Waals surface area contributed by atoms with Crippen molar-refractivity contribution in [3.8, 4) is 11.5 Å². The minimum absolute atomic E-state index is 0.0486. The number of isocyanates is 1. The van der Waals surface area contributed by atoms with E-state index >= 15 is 0 Å². The third-order valence-electron chi connectivity index (χ3n) is 2.97. The molecule has 1 saturated heterocycles. The van der Waals surface area contributed by atoms with Gasteiger partial charge in [-0.2, -0.15) is 0 Å². The van der Waals surface area contributed by atoms with Gasteiger partial charge in [-0.3, -0.25) is 0 Å². The Balaban J connectivity index is 2.12. The van der Waals surface area contributed by atoms with Gasteiger partial charge in [0, 0.05) is 6.61 Å². The molecule has 0 spiro atoms. The molecule has 1 heterocycles. The molecular weight excluding hydrogens is 246 g/mol. The van der Waals surface area contributed by atoms with E-state index in [2.05, 4.69) is 4.99 Å². The van der Waals surface area contributed by atoms with E-state index in [0.717, 1.165) is 25.0 Å². The average Bonchev–Trinajstić information content (AvgIpc) is 2.46. The predicted octanol–water partition coefficient (Wildman–Crippen LogP) is 2.09. The van der Waals surface area contributed by atoms with E-state index in [1.54, 1.807) is 7.11 Å². The lowest BCUT2D eigenvalue weighted by atomic mass is 10.1. The Hall–Kier alpha value is -1.84. The van der Waals surface area contributed by atoms with Crippen molar-refractivity contribution in [2.24, 2.45) is 4.99 Å². The van der Waals surface area contributed by atoms with Crippen molar-refractivity contribution in [2.45, 2.75) is 25.5 Å².